The summed E-state index contributed by atoms with van der Waals surface area (Å²) in [5.74, 6) is -6.18. The van der Waals surface area contributed by atoms with E-state index >= 15 is 0 Å². The van der Waals surface area contributed by atoms with Gasteiger partial charge in [-0.25, -0.2) is 61.5 Å². The van der Waals surface area contributed by atoms with Crippen LogP contribution in [-0.2, 0) is 62.8 Å². The van der Waals surface area contributed by atoms with Crippen LogP contribution < -0.4 is 89.0 Å². The average molecular weight is 1430 g/mol. The van der Waals surface area contributed by atoms with E-state index in [0.717, 1.165) is 48.5 Å². The number of carboxylic acid groups (broad SMARTS) is 2. The summed E-state index contributed by atoms with van der Waals surface area (Å²) >= 11 is 0. The third-order valence-corrected chi connectivity index (χ3v) is 19.6. The summed E-state index contributed by atoms with van der Waals surface area (Å²) in [5, 5.41) is 73.6. The van der Waals surface area contributed by atoms with Crippen LogP contribution in [0.15, 0.2) is 165 Å². The van der Waals surface area contributed by atoms with Crippen LogP contribution in [0.4, 0.5) is 28.9 Å². The van der Waals surface area contributed by atoms with Gasteiger partial charge in [0.2, 0.25) is 20.0 Å². The molecule has 22 nitrogen and oxygen atoms in total. The molecule has 0 bridgehead atoms. The maximum absolute atomic E-state index is 14.4. The van der Waals surface area contributed by atoms with Crippen molar-refractivity contribution in [3.8, 4) is 44.8 Å². The van der Waals surface area contributed by atoms with Gasteiger partial charge >= 0.3 is 59.1 Å². The molecular weight excluding hydrogens is 1360 g/mol. The first-order valence-electron chi connectivity index (χ1n) is 28.9. The van der Waals surface area contributed by atoms with Gasteiger partial charge in [0.25, 0.3) is 20.0 Å². The molecule has 0 unspecified atom stereocenters. The normalized spacial score (nSPS) is 13.2. The van der Waals surface area contributed by atoms with Gasteiger partial charge in [-0.3, -0.25) is 9.44 Å². The van der Waals surface area contributed by atoms with Gasteiger partial charge in [-0.2, -0.15) is 0 Å². The second-order valence-corrected chi connectivity index (χ2v) is 29.0. The monoisotopic (exact) mass is 1430 g/mol. The van der Waals surface area contributed by atoms with Crippen molar-refractivity contribution in [2.75, 3.05) is 9.44 Å². The molecule has 10 N–H and O–H groups in total. The van der Waals surface area contributed by atoms with Gasteiger partial charge in [-0.1, -0.05) is 52.0 Å². The number of nitrogens with two attached hydrogens (primary N) is 2. The Morgan fingerprint density at radius 3 is 0.938 bits per heavy atom. The van der Waals surface area contributed by atoms with E-state index < -0.39 is 124 Å². The summed E-state index contributed by atoms with van der Waals surface area (Å²) in [4.78, 5) is 20.9. The Morgan fingerprint density at radius 1 is 0.438 bits per heavy atom. The molecule has 0 amide bonds. The number of hydrogen-bond acceptors (Lipinski definition) is 16. The number of anilines is 2. The van der Waals surface area contributed by atoms with E-state index in [0.29, 0.717) is 33.6 Å². The Hall–Kier alpha value is -6.30. The summed E-state index contributed by atoms with van der Waals surface area (Å²) in [6, 6.07) is 30.3. The van der Waals surface area contributed by atoms with Crippen LogP contribution in [0, 0.1) is 23.3 Å². The molecule has 0 radical (unpaired) electrons. The first kappa shape index (κ1) is 80.4. The number of primary sulfonamides is 2. The van der Waals surface area contributed by atoms with Gasteiger partial charge in [0, 0.05) is 71.8 Å². The van der Waals surface area contributed by atoms with Crippen molar-refractivity contribution in [3.05, 3.63) is 180 Å². The van der Waals surface area contributed by atoms with Crippen molar-refractivity contribution in [1.29, 1.82) is 0 Å². The molecule has 2 heterocycles. The molecule has 96 heavy (non-hydrogen) atoms. The molecule has 0 saturated heterocycles. The molecule has 8 aromatic rings. The van der Waals surface area contributed by atoms with E-state index in [-0.39, 0.29) is 151 Å². The van der Waals surface area contributed by atoms with E-state index in [2.05, 4.69) is 9.44 Å². The van der Waals surface area contributed by atoms with Gasteiger partial charge in [0.05, 0.1) is 45.6 Å². The van der Waals surface area contributed by atoms with Gasteiger partial charge in [-0.05, 0) is 181 Å². The van der Waals surface area contributed by atoms with Gasteiger partial charge in [-0.15, -0.1) is 0 Å². The Bertz CT molecular complexity index is 4190. The van der Waals surface area contributed by atoms with Crippen LogP contribution >= 0.6 is 0 Å². The number of rotatable bonds is 28. The summed E-state index contributed by atoms with van der Waals surface area (Å²) < 4.78 is 169. The van der Waals surface area contributed by atoms with E-state index in [1.807, 2.05) is 0 Å². The van der Waals surface area contributed by atoms with Crippen molar-refractivity contribution in [3.63, 3.8) is 0 Å². The molecule has 0 spiro atoms. The minimum Gasteiger partial charge on any atom is -0.550 e. The molecule has 0 aliphatic rings. The molecule has 0 aliphatic carbocycles. The third kappa shape index (κ3) is 20.9. The maximum atomic E-state index is 14.4. The number of carboxylic acids is 2. The number of aromatic nitrogens is 2. The zero-order valence-corrected chi connectivity index (χ0v) is 60.1. The number of sulfonamides is 4. The number of nitrogens with zero attached hydrogens (tertiary/aromatic N) is 2. The molecule has 0 saturated carbocycles. The number of benzene rings is 6. The van der Waals surface area contributed by atoms with Gasteiger partial charge in [0.1, 0.15) is 33.1 Å². The van der Waals surface area contributed by atoms with Crippen molar-refractivity contribution >= 4 is 63.4 Å². The molecule has 2 aromatic heterocycles. The second kappa shape index (κ2) is 34.0. The zero-order valence-electron chi connectivity index (χ0n) is 52.9. The number of halogens is 4. The minimum atomic E-state index is -4.51. The van der Waals surface area contributed by atoms with Gasteiger partial charge in [0.15, 0.2) is 0 Å². The van der Waals surface area contributed by atoms with E-state index in [1.54, 1.807) is 36.8 Å². The quantitative estimate of drug-likeness (QED) is 0.0246. The second-order valence-electron chi connectivity index (χ2n) is 22.7. The smallest absolute Gasteiger partial charge is 0.550 e. The number of carbonyl (C=O) groups is 2. The summed E-state index contributed by atoms with van der Waals surface area (Å²) in [5.41, 5.74) is 2.94. The van der Waals surface area contributed by atoms with Crippen LogP contribution in [0.1, 0.15) is 89.4 Å². The number of aliphatic carboxylic acids is 2. The largest absolute Gasteiger partial charge is 1.00 e. The predicted molar refractivity (Wildman–Crippen MR) is 338 cm³/mol. The molecular formula is C64H68F4N6Na2O16S4. The summed E-state index contributed by atoms with van der Waals surface area (Å²) in [6.07, 6.45) is -7.18. The first-order valence-corrected chi connectivity index (χ1v) is 35.0. The van der Waals surface area contributed by atoms with Gasteiger partial charge < -0.3 is 49.4 Å². The summed E-state index contributed by atoms with van der Waals surface area (Å²) in [7, 11) is -17.1. The minimum absolute atomic E-state index is 0. The van der Waals surface area contributed by atoms with Crippen molar-refractivity contribution in [1.82, 2.24) is 9.13 Å². The third-order valence-electron chi connectivity index (χ3n) is 14.8. The van der Waals surface area contributed by atoms with E-state index in [1.165, 1.54) is 97.1 Å². The topological polar surface area (TPSA) is 384 Å². The van der Waals surface area contributed by atoms with Crippen LogP contribution in [0.2, 0.25) is 0 Å². The molecule has 4 atom stereocenters. The Labute approximate surface area is 597 Å². The molecule has 0 fully saturated rings. The number of hydrogen-bond donors (Lipinski definition) is 8. The Balaban J connectivity index is 0.000000340. The maximum Gasteiger partial charge on any atom is 1.00 e. The number of nitrogens with one attached hydrogen (secondary N) is 2. The Morgan fingerprint density at radius 2 is 0.698 bits per heavy atom. The molecule has 0 aliphatic heterocycles. The van der Waals surface area contributed by atoms with Crippen LogP contribution in [0.5, 0.6) is 0 Å². The summed E-state index contributed by atoms with van der Waals surface area (Å²) in [6.45, 7) is 6.94. The molecule has 504 valence electrons. The first-order chi connectivity index (χ1) is 43.9. The number of carbonyl (C=O) groups excluding carboxylic acids is 2. The fourth-order valence-corrected chi connectivity index (χ4v) is 15.1. The molecule has 6 aromatic carbocycles. The molecule has 32 heteroatoms. The predicted octanol–water partition coefficient (Wildman–Crippen LogP) is 0.636. The van der Waals surface area contributed by atoms with Crippen LogP contribution in [-0.4, -0.2) is 99.6 Å². The van der Waals surface area contributed by atoms with Crippen molar-refractivity contribution in [2.45, 2.75) is 135 Å². The van der Waals surface area contributed by atoms with Crippen molar-refractivity contribution < 1.29 is 151 Å². The van der Waals surface area contributed by atoms with Crippen LogP contribution in [0.3, 0.4) is 0 Å². The number of aliphatic hydroxyl groups is 4. The van der Waals surface area contributed by atoms with Crippen LogP contribution in [0.25, 0.3) is 44.8 Å². The fourth-order valence-electron chi connectivity index (χ4n) is 10.8. The zero-order chi connectivity index (χ0) is 69.4. The standard InChI is InChI=1S/2C32H35F2N3O8S2.2Na/c2*1-19(2)30-32(47(44,45)36-24-11-13-27(14-12-24)46(35,42)43)29(20-3-7-22(33)8-4-20)31(21-5-9-23(34)10-6-21)37(30)16-15-25(38)17-26(39)18-28(40)41;;/h2*3-14,19,25-26,36,38-39H,15-18H2,1-2H3,(H,40,41)(H2,35,42,43);;/q;;2*+1/p-2/t2*25-,26-;;/m11../s1. The SMILES string of the molecule is CC(C)c1c(S(=O)(=O)Nc2ccc(S(N)(=O)=O)cc2)c(-c2ccc(F)cc2)c(-c2ccc(F)cc2)n1CC[C@@H](O)C[C@@H](O)CC(=O)[O-].CC(C)c1c(S(=O)(=O)Nc2ccc(S(N)(=O)=O)cc2)c(-c2ccc(F)cc2)c(-c2ccc(F)cc2)n1CC[C@@H](O)C[C@@H](O)CC(=O)[O-].[Na+].[Na+]. The average Bonchev–Trinajstić information content (AvgIpc) is 1.58. The fraction of sp³-hybridized carbons (Fsp3) is 0.281. The van der Waals surface area contributed by atoms with Crippen molar-refractivity contribution in [2.24, 2.45) is 10.3 Å². The van der Waals surface area contributed by atoms with E-state index in [4.69, 9.17) is 10.3 Å². The number of aliphatic hydroxyl groups excluding tert-OH is 4. The Kier molecular flexibility index (Phi) is 28.4. The van der Waals surface area contributed by atoms with E-state index in [9.17, 15) is 91.5 Å². The molecule has 8 rings (SSSR count).